The fourth-order valence-corrected chi connectivity index (χ4v) is 4.93. The van der Waals surface area contributed by atoms with E-state index in [1.54, 1.807) is 0 Å². The topological polar surface area (TPSA) is 49.6 Å². The standard InChI is InChI=1S/C22H29N3O2/c1-16-20(17(2)27-23-16)13-21(26)25-11-9-22(10-12-25)14-19(15-24(22)3)18-7-5-4-6-8-18/h4-8,19H,9-15H2,1-3H3/t19-/m0/s1. The number of aryl methyl sites for hydroxylation is 2. The van der Waals surface area contributed by atoms with E-state index >= 15 is 0 Å². The van der Waals surface area contributed by atoms with Crippen LogP contribution in [-0.2, 0) is 11.2 Å². The van der Waals surface area contributed by atoms with E-state index in [4.69, 9.17) is 4.52 Å². The van der Waals surface area contributed by atoms with Crippen molar-refractivity contribution < 1.29 is 9.32 Å². The van der Waals surface area contributed by atoms with Crippen LogP contribution in [0.5, 0.6) is 0 Å². The molecule has 3 heterocycles. The third-order valence-corrected chi connectivity index (χ3v) is 6.76. The molecular weight excluding hydrogens is 338 g/mol. The van der Waals surface area contributed by atoms with Crippen molar-refractivity contribution in [1.82, 2.24) is 15.0 Å². The first-order valence-corrected chi connectivity index (χ1v) is 9.94. The van der Waals surface area contributed by atoms with E-state index in [1.807, 2.05) is 18.7 Å². The van der Waals surface area contributed by atoms with Crippen molar-refractivity contribution in [2.24, 2.45) is 0 Å². The summed E-state index contributed by atoms with van der Waals surface area (Å²) in [5.74, 6) is 1.55. The highest BCUT2D eigenvalue weighted by atomic mass is 16.5. The lowest BCUT2D eigenvalue weighted by Crippen LogP contribution is -2.52. The van der Waals surface area contributed by atoms with E-state index in [2.05, 4.69) is 47.4 Å². The smallest absolute Gasteiger partial charge is 0.227 e. The molecule has 0 N–H and O–H groups in total. The zero-order valence-corrected chi connectivity index (χ0v) is 16.6. The van der Waals surface area contributed by atoms with Crippen LogP contribution in [0, 0.1) is 13.8 Å². The van der Waals surface area contributed by atoms with Gasteiger partial charge in [0.15, 0.2) is 0 Å². The molecule has 0 radical (unpaired) electrons. The summed E-state index contributed by atoms with van der Waals surface area (Å²) in [6.07, 6.45) is 3.70. The summed E-state index contributed by atoms with van der Waals surface area (Å²) in [7, 11) is 2.25. The molecule has 144 valence electrons. The number of likely N-dealkylation sites (N-methyl/N-ethyl adjacent to an activating group) is 1. The van der Waals surface area contributed by atoms with Crippen LogP contribution in [0.1, 0.15) is 47.8 Å². The average Bonchev–Trinajstić information content (AvgIpc) is 3.17. The lowest BCUT2D eigenvalue weighted by Gasteiger charge is -2.43. The van der Waals surface area contributed by atoms with Gasteiger partial charge in [0.2, 0.25) is 5.91 Å². The molecule has 1 aromatic carbocycles. The zero-order valence-electron chi connectivity index (χ0n) is 16.6. The Bertz CT molecular complexity index is 787. The minimum atomic E-state index is 0.194. The van der Waals surface area contributed by atoms with Crippen molar-refractivity contribution in [3.05, 3.63) is 52.9 Å². The van der Waals surface area contributed by atoms with Crippen LogP contribution in [0.2, 0.25) is 0 Å². The number of rotatable bonds is 3. The van der Waals surface area contributed by atoms with Gasteiger partial charge in [0.05, 0.1) is 12.1 Å². The molecule has 27 heavy (non-hydrogen) atoms. The van der Waals surface area contributed by atoms with Crippen LogP contribution in [0.25, 0.3) is 0 Å². The third-order valence-electron chi connectivity index (χ3n) is 6.76. The number of nitrogens with zero attached hydrogens (tertiary/aromatic N) is 3. The Kier molecular flexibility index (Phi) is 4.81. The summed E-state index contributed by atoms with van der Waals surface area (Å²) in [6, 6.07) is 10.9. The molecule has 2 fully saturated rings. The Balaban J connectivity index is 1.39. The van der Waals surface area contributed by atoms with E-state index in [0.717, 1.165) is 49.5 Å². The number of carbonyl (C=O) groups excluding carboxylic acids is 1. The Hall–Kier alpha value is -2.14. The molecule has 2 aromatic rings. The summed E-state index contributed by atoms with van der Waals surface area (Å²) in [6.45, 7) is 6.58. The summed E-state index contributed by atoms with van der Waals surface area (Å²) < 4.78 is 5.20. The van der Waals surface area contributed by atoms with Crippen LogP contribution < -0.4 is 0 Å². The van der Waals surface area contributed by atoms with Crippen LogP contribution in [0.4, 0.5) is 0 Å². The Labute approximate surface area is 161 Å². The lowest BCUT2D eigenvalue weighted by atomic mass is 9.81. The molecule has 1 spiro atoms. The predicted molar refractivity (Wildman–Crippen MR) is 105 cm³/mol. The van der Waals surface area contributed by atoms with Gasteiger partial charge in [-0.05, 0) is 51.6 Å². The molecule has 2 aliphatic heterocycles. The molecule has 1 aromatic heterocycles. The summed E-state index contributed by atoms with van der Waals surface area (Å²) in [5, 5.41) is 3.97. The van der Waals surface area contributed by atoms with Crippen molar-refractivity contribution in [3.63, 3.8) is 0 Å². The molecule has 0 saturated carbocycles. The lowest BCUT2D eigenvalue weighted by molar-refractivity contribution is -0.132. The van der Waals surface area contributed by atoms with Crippen molar-refractivity contribution in [3.8, 4) is 0 Å². The van der Waals surface area contributed by atoms with Gasteiger partial charge < -0.3 is 9.42 Å². The van der Waals surface area contributed by atoms with Gasteiger partial charge in [-0.1, -0.05) is 35.5 Å². The maximum Gasteiger partial charge on any atom is 0.227 e. The monoisotopic (exact) mass is 367 g/mol. The molecule has 0 bridgehead atoms. The van der Waals surface area contributed by atoms with Gasteiger partial charge in [0, 0.05) is 30.7 Å². The number of piperidine rings is 1. The predicted octanol–water partition coefficient (Wildman–Crippen LogP) is 3.31. The van der Waals surface area contributed by atoms with E-state index in [-0.39, 0.29) is 11.4 Å². The van der Waals surface area contributed by atoms with Crippen molar-refractivity contribution in [1.29, 1.82) is 0 Å². The van der Waals surface area contributed by atoms with Gasteiger partial charge in [-0.2, -0.15) is 0 Å². The maximum absolute atomic E-state index is 12.8. The van der Waals surface area contributed by atoms with Gasteiger partial charge in [0.1, 0.15) is 5.76 Å². The first-order valence-electron chi connectivity index (χ1n) is 9.94. The zero-order chi connectivity index (χ0) is 19.0. The SMILES string of the molecule is Cc1noc(C)c1CC(=O)N1CCC2(CC1)C[C@H](c1ccccc1)CN2C. The van der Waals surface area contributed by atoms with E-state index in [9.17, 15) is 4.79 Å². The Morgan fingerprint density at radius 3 is 2.56 bits per heavy atom. The maximum atomic E-state index is 12.8. The van der Waals surface area contributed by atoms with Crippen LogP contribution in [0.15, 0.2) is 34.9 Å². The van der Waals surface area contributed by atoms with Crippen LogP contribution in [0.3, 0.4) is 0 Å². The fourth-order valence-electron chi connectivity index (χ4n) is 4.93. The number of hydrogen-bond donors (Lipinski definition) is 0. The number of benzene rings is 1. The Morgan fingerprint density at radius 2 is 1.93 bits per heavy atom. The average molecular weight is 367 g/mol. The first-order chi connectivity index (χ1) is 13.0. The highest BCUT2D eigenvalue weighted by molar-refractivity contribution is 5.79. The summed E-state index contributed by atoms with van der Waals surface area (Å²) in [4.78, 5) is 17.4. The molecule has 5 heteroatoms. The van der Waals surface area contributed by atoms with E-state index in [1.165, 1.54) is 12.0 Å². The molecule has 1 amide bonds. The van der Waals surface area contributed by atoms with E-state index in [0.29, 0.717) is 12.3 Å². The normalized spacial score (nSPS) is 22.5. The largest absolute Gasteiger partial charge is 0.361 e. The second-order valence-corrected chi connectivity index (χ2v) is 8.28. The first kappa shape index (κ1) is 18.2. The number of amides is 1. The summed E-state index contributed by atoms with van der Waals surface area (Å²) >= 11 is 0. The van der Waals surface area contributed by atoms with Crippen molar-refractivity contribution in [2.45, 2.75) is 51.0 Å². The number of carbonyl (C=O) groups is 1. The quantitative estimate of drug-likeness (QED) is 0.835. The molecule has 5 nitrogen and oxygen atoms in total. The van der Waals surface area contributed by atoms with Crippen molar-refractivity contribution >= 4 is 5.91 Å². The number of hydrogen-bond acceptors (Lipinski definition) is 4. The third kappa shape index (κ3) is 3.41. The molecule has 4 rings (SSSR count). The highest BCUT2D eigenvalue weighted by Gasteiger charge is 2.46. The summed E-state index contributed by atoms with van der Waals surface area (Å²) in [5.41, 5.74) is 3.46. The van der Waals surface area contributed by atoms with Crippen LogP contribution >= 0.6 is 0 Å². The number of aromatic nitrogens is 1. The minimum absolute atomic E-state index is 0.194. The van der Waals surface area contributed by atoms with Gasteiger partial charge in [-0.25, -0.2) is 0 Å². The Morgan fingerprint density at radius 1 is 1.22 bits per heavy atom. The second-order valence-electron chi connectivity index (χ2n) is 8.28. The van der Waals surface area contributed by atoms with Gasteiger partial charge in [-0.15, -0.1) is 0 Å². The highest BCUT2D eigenvalue weighted by Crippen LogP contribution is 2.44. The van der Waals surface area contributed by atoms with Gasteiger partial charge >= 0.3 is 0 Å². The minimum Gasteiger partial charge on any atom is -0.361 e. The number of likely N-dealkylation sites (tertiary alicyclic amines) is 2. The van der Waals surface area contributed by atoms with E-state index < -0.39 is 0 Å². The molecular formula is C22H29N3O2. The fraction of sp³-hybridized carbons (Fsp3) is 0.545. The second kappa shape index (κ2) is 7.12. The van der Waals surface area contributed by atoms with Crippen LogP contribution in [-0.4, -0.2) is 53.1 Å². The molecule has 2 aliphatic rings. The molecule has 0 aliphatic carbocycles. The van der Waals surface area contributed by atoms with Crippen molar-refractivity contribution in [2.75, 3.05) is 26.7 Å². The molecule has 0 unspecified atom stereocenters. The van der Waals surface area contributed by atoms with Gasteiger partial charge in [-0.3, -0.25) is 9.69 Å². The molecule has 2 saturated heterocycles. The van der Waals surface area contributed by atoms with Gasteiger partial charge in [0.25, 0.3) is 0 Å². The molecule has 1 atom stereocenters.